The van der Waals surface area contributed by atoms with Crippen molar-refractivity contribution in [1.29, 1.82) is 0 Å². The van der Waals surface area contributed by atoms with Crippen LogP contribution in [0.4, 0.5) is 0 Å². The van der Waals surface area contributed by atoms with E-state index in [2.05, 4.69) is 25.1 Å². The molecule has 1 aliphatic rings. The fourth-order valence-electron chi connectivity index (χ4n) is 2.75. The Morgan fingerprint density at radius 3 is 2.38 bits per heavy atom. The highest BCUT2D eigenvalue weighted by atomic mass is 16.2. The SMILES string of the molecule is C#CC(C)NC(=O)C1(CC(C)C)CCCC1. The third-order valence-corrected chi connectivity index (χ3v) is 3.44. The average Bonchev–Trinajstić information content (AvgIpc) is 2.66. The van der Waals surface area contributed by atoms with Gasteiger partial charge < -0.3 is 5.32 Å². The molecule has 0 aromatic carbocycles. The van der Waals surface area contributed by atoms with Crippen LogP contribution in [0.25, 0.3) is 0 Å². The van der Waals surface area contributed by atoms with Gasteiger partial charge in [0.05, 0.1) is 6.04 Å². The van der Waals surface area contributed by atoms with E-state index in [0.29, 0.717) is 5.92 Å². The Morgan fingerprint density at radius 1 is 1.38 bits per heavy atom. The van der Waals surface area contributed by atoms with E-state index in [1.54, 1.807) is 0 Å². The van der Waals surface area contributed by atoms with Gasteiger partial charge in [-0.25, -0.2) is 0 Å². The summed E-state index contributed by atoms with van der Waals surface area (Å²) in [6.45, 7) is 6.21. The number of terminal acetylenes is 1. The monoisotopic (exact) mass is 221 g/mol. The standard InChI is InChI=1S/C14H23NO/c1-5-12(4)15-13(16)14(10-11(2)3)8-6-7-9-14/h1,11-12H,6-10H2,2-4H3,(H,15,16). The molecule has 1 atom stereocenters. The van der Waals surface area contributed by atoms with Crippen LogP contribution in [0.1, 0.15) is 52.9 Å². The second kappa shape index (κ2) is 5.39. The molecular weight excluding hydrogens is 198 g/mol. The molecule has 1 unspecified atom stereocenters. The highest BCUT2D eigenvalue weighted by Gasteiger charge is 2.41. The summed E-state index contributed by atoms with van der Waals surface area (Å²) in [5.74, 6) is 3.29. The minimum Gasteiger partial charge on any atom is -0.342 e. The summed E-state index contributed by atoms with van der Waals surface area (Å²) >= 11 is 0. The van der Waals surface area contributed by atoms with Crippen molar-refractivity contribution in [3.63, 3.8) is 0 Å². The number of carbonyl (C=O) groups is 1. The molecule has 1 amide bonds. The summed E-state index contributed by atoms with van der Waals surface area (Å²) in [6, 6.07) is -0.155. The summed E-state index contributed by atoms with van der Waals surface area (Å²) in [4.78, 5) is 12.3. The lowest BCUT2D eigenvalue weighted by Crippen LogP contribution is -2.43. The van der Waals surface area contributed by atoms with Gasteiger partial charge in [-0.3, -0.25) is 4.79 Å². The third kappa shape index (κ3) is 3.01. The van der Waals surface area contributed by atoms with Crippen molar-refractivity contribution in [1.82, 2.24) is 5.32 Å². The summed E-state index contributed by atoms with van der Waals surface area (Å²) in [7, 11) is 0. The van der Waals surface area contributed by atoms with E-state index in [4.69, 9.17) is 6.42 Å². The highest BCUT2D eigenvalue weighted by Crippen LogP contribution is 2.43. The maximum absolute atomic E-state index is 12.3. The Morgan fingerprint density at radius 2 is 1.94 bits per heavy atom. The number of hydrogen-bond donors (Lipinski definition) is 1. The van der Waals surface area contributed by atoms with Crippen molar-refractivity contribution < 1.29 is 4.79 Å². The van der Waals surface area contributed by atoms with Crippen LogP contribution in [-0.2, 0) is 4.79 Å². The predicted molar refractivity (Wildman–Crippen MR) is 66.8 cm³/mol. The van der Waals surface area contributed by atoms with E-state index in [1.165, 1.54) is 12.8 Å². The van der Waals surface area contributed by atoms with Crippen LogP contribution in [0.5, 0.6) is 0 Å². The average molecular weight is 221 g/mol. The molecule has 0 aliphatic heterocycles. The molecule has 1 fully saturated rings. The fraction of sp³-hybridized carbons (Fsp3) is 0.786. The molecule has 1 saturated carbocycles. The quantitative estimate of drug-likeness (QED) is 0.727. The zero-order valence-corrected chi connectivity index (χ0v) is 10.7. The van der Waals surface area contributed by atoms with Crippen molar-refractivity contribution in [2.45, 2.75) is 58.9 Å². The maximum Gasteiger partial charge on any atom is 0.227 e. The van der Waals surface area contributed by atoms with Crippen molar-refractivity contribution in [2.75, 3.05) is 0 Å². The minimum absolute atomic E-state index is 0.140. The molecule has 0 aromatic rings. The predicted octanol–water partition coefficient (Wildman–Crippen LogP) is 2.73. The topological polar surface area (TPSA) is 29.1 Å². The Bertz CT molecular complexity index is 282. The molecule has 0 saturated heterocycles. The highest BCUT2D eigenvalue weighted by molar-refractivity contribution is 5.83. The van der Waals surface area contributed by atoms with Crippen molar-refractivity contribution >= 4 is 5.91 Å². The normalized spacial score (nSPS) is 20.4. The number of rotatable bonds is 4. The summed E-state index contributed by atoms with van der Waals surface area (Å²) in [5.41, 5.74) is -0.140. The minimum atomic E-state index is -0.155. The first-order chi connectivity index (χ1) is 7.50. The van der Waals surface area contributed by atoms with Crippen LogP contribution < -0.4 is 5.32 Å². The summed E-state index contributed by atoms with van der Waals surface area (Å²) < 4.78 is 0. The van der Waals surface area contributed by atoms with Crippen molar-refractivity contribution in [3.8, 4) is 12.3 Å². The Kier molecular flexibility index (Phi) is 4.41. The van der Waals surface area contributed by atoms with E-state index in [-0.39, 0.29) is 17.4 Å². The molecule has 2 heteroatoms. The van der Waals surface area contributed by atoms with Gasteiger partial charge in [0.25, 0.3) is 0 Å². The molecule has 1 rings (SSSR count). The Hall–Kier alpha value is -0.970. The van der Waals surface area contributed by atoms with Gasteiger partial charge in [-0.15, -0.1) is 6.42 Å². The van der Waals surface area contributed by atoms with Crippen LogP contribution in [0.15, 0.2) is 0 Å². The zero-order chi connectivity index (χ0) is 12.2. The zero-order valence-electron chi connectivity index (χ0n) is 10.7. The van der Waals surface area contributed by atoms with E-state index in [1.807, 2.05) is 6.92 Å². The lowest BCUT2D eigenvalue weighted by atomic mass is 9.77. The molecule has 1 N–H and O–H groups in total. The van der Waals surface area contributed by atoms with E-state index < -0.39 is 0 Å². The van der Waals surface area contributed by atoms with Gasteiger partial charge in [-0.1, -0.05) is 32.6 Å². The number of carbonyl (C=O) groups excluding carboxylic acids is 1. The van der Waals surface area contributed by atoms with Gasteiger partial charge in [0, 0.05) is 5.41 Å². The van der Waals surface area contributed by atoms with Crippen LogP contribution in [0, 0.1) is 23.7 Å². The van der Waals surface area contributed by atoms with Gasteiger partial charge in [0.1, 0.15) is 0 Å². The van der Waals surface area contributed by atoms with E-state index in [9.17, 15) is 4.79 Å². The Labute approximate surface area is 99.2 Å². The maximum atomic E-state index is 12.3. The van der Waals surface area contributed by atoms with Crippen LogP contribution in [0.3, 0.4) is 0 Å². The van der Waals surface area contributed by atoms with E-state index >= 15 is 0 Å². The number of amides is 1. The molecule has 0 spiro atoms. The lowest BCUT2D eigenvalue weighted by Gasteiger charge is -2.30. The summed E-state index contributed by atoms with van der Waals surface area (Å²) in [5, 5.41) is 2.94. The third-order valence-electron chi connectivity index (χ3n) is 3.44. The van der Waals surface area contributed by atoms with Crippen LogP contribution in [0.2, 0.25) is 0 Å². The molecule has 16 heavy (non-hydrogen) atoms. The first kappa shape index (κ1) is 13.1. The van der Waals surface area contributed by atoms with Crippen LogP contribution >= 0.6 is 0 Å². The van der Waals surface area contributed by atoms with Gasteiger partial charge in [0.2, 0.25) is 5.91 Å². The first-order valence-electron chi connectivity index (χ1n) is 6.27. The molecule has 0 radical (unpaired) electrons. The van der Waals surface area contributed by atoms with Gasteiger partial charge in [0.15, 0.2) is 0 Å². The van der Waals surface area contributed by atoms with Crippen LogP contribution in [-0.4, -0.2) is 11.9 Å². The summed E-state index contributed by atoms with van der Waals surface area (Å²) in [6.07, 6.45) is 10.7. The number of nitrogens with one attached hydrogen (secondary N) is 1. The second-order valence-corrected chi connectivity index (χ2v) is 5.45. The lowest BCUT2D eigenvalue weighted by molar-refractivity contribution is -0.132. The molecule has 0 bridgehead atoms. The first-order valence-corrected chi connectivity index (χ1v) is 6.27. The van der Waals surface area contributed by atoms with Gasteiger partial charge >= 0.3 is 0 Å². The largest absolute Gasteiger partial charge is 0.342 e. The Balaban J connectivity index is 2.70. The van der Waals surface area contributed by atoms with Gasteiger partial charge in [-0.2, -0.15) is 0 Å². The molecular formula is C14H23NO. The molecule has 1 aliphatic carbocycles. The second-order valence-electron chi connectivity index (χ2n) is 5.45. The van der Waals surface area contributed by atoms with E-state index in [0.717, 1.165) is 19.3 Å². The number of hydrogen-bond acceptors (Lipinski definition) is 1. The smallest absolute Gasteiger partial charge is 0.227 e. The van der Waals surface area contributed by atoms with Gasteiger partial charge in [-0.05, 0) is 32.1 Å². The van der Waals surface area contributed by atoms with Crippen molar-refractivity contribution in [2.24, 2.45) is 11.3 Å². The fourth-order valence-corrected chi connectivity index (χ4v) is 2.75. The van der Waals surface area contributed by atoms with Crippen molar-refractivity contribution in [3.05, 3.63) is 0 Å². The molecule has 2 nitrogen and oxygen atoms in total. The molecule has 0 heterocycles. The molecule has 0 aromatic heterocycles. The molecule has 90 valence electrons.